The minimum Gasteiger partial charge on any atom is -0.395 e. The number of likely N-dealkylation sites (N-methyl/N-ethyl adjacent to an activating group) is 2. The van der Waals surface area contributed by atoms with Crippen molar-refractivity contribution in [3.63, 3.8) is 0 Å². The van der Waals surface area contributed by atoms with Crippen molar-refractivity contribution in [1.29, 1.82) is 0 Å². The standard InChI is InChI=1S/C38H42N12O8S2.2Na/c1-49(21-23-51)36-43-32(39-28-12-5-3-6-13-28)41-34(45-36)47-38(48-35-42-33(40-29-14-7-4-8-15-29)44-37(46-35)50(2)22-24-52)20-19-27(31(25-38)60(56,57)58)18-17-26-11-9-10-16-30(26)59(53,54)55;;/h3-20,51-52H,21-25H2,1-2H3,(H,53,54,55)(H,56,57,58)(H2,39,41,43,45,47)(H2,40,42,44,46,48);;. The summed E-state index contributed by atoms with van der Waals surface area (Å²) in [5, 5.41) is 32.0. The summed E-state index contributed by atoms with van der Waals surface area (Å²) in [5.74, 6) is 0.244. The van der Waals surface area contributed by atoms with E-state index in [1.165, 1.54) is 48.6 Å². The number of hydrogen-bond acceptors (Lipinski definition) is 18. The molecule has 1 aliphatic rings. The van der Waals surface area contributed by atoms with Gasteiger partial charge in [0, 0.05) is 104 Å². The molecule has 0 saturated heterocycles. The van der Waals surface area contributed by atoms with E-state index in [4.69, 9.17) is 0 Å². The maximum atomic E-state index is 13.2. The van der Waals surface area contributed by atoms with Crippen LogP contribution in [-0.2, 0) is 20.2 Å². The fourth-order valence-corrected chi connectivity index (χ4v) is 7.39. The Bertz CT molecular complexity index is 2530. The van der Waals surface area contributed by atoms with E-state index >= 15 is 0 Å². The van der Waals surface area contributed by atoms with E-state index in [1.807, 2.05) is 36.4 Å². The first-order valence-electron chi connectivity index (χ1n) is 18.2. The Hall–Kier alpha value is -4.56. The average Bonchev–Trinajstić information content (AvgIpc) is 3.20. The molecule has 0 unspecified atom stereocenters. The molecule has 2 radical (unpaired) electrons. The molecule has 20 nitrogen and oxygen atoms in total. The van der Waals surface area contributed by atoms with Crippen LogP contribution >= 0.6 is 0 Å². The molecular formula is C38H42N12Na2O8S2. The van der Waals surface area contributed by atoms with E-state index in [0.29, 0.717) is 11.4 Å². The van der Waals surface area contributed by atoms with E-state index in [2.05, 4.69) is 51.2 Å². The van der Waals surface area contributed by atoms with Crippen molar-refractivity contribution in [3.8, 4) is 0 Å². The van der Waals surface area contributed by atoms with Crippen LogP contribution in [0.1, 0.15) is 12.0 Å². The van der Waals surface area contributed by atoms with E-state index in [9.17, 15) is 36.2 Å². The van der Waals surface area contributed by atoms with Crippen LogP contribution in [0.25, 0.3) is 6.08 Å². The SMILES string of the molecule is CN(CCO)c1nc(Nc2ccccc2)nc(NC2(Nc3nc(Nc4ccccc4)nc(N(C)CCO)n3)C=CC(C=Cc3ccccc3S(=O)(=O)O)=C(S(=O)(=O)O)C2)n1.[Na].[Na]. The predicted octanol–water partition coefficient (Wildman–Crippen LogP) is 2.92. The van der Waals surface area contributed by atoms with Crippen LogP contribution < -0.4 is 31.1 Å². The minimum absolute atomic E-state index is 0. The maximum Gasteiger partial charge on any atom is 0.295 e. The number of benzene rings is 3. The van der Waals surface area contributed by atoms with Crippen LogP contribution in [0, 0.1) is 0 Å². The van der Waals surface area contributed by atoms with Gasteiger partial charge in [-0.25, -0.2) is 0 Å². The molecule has 24 heteroatoms. The minimum atomic E-state index is -5.00. The summed E-state index contributed by atoms with van der Waals surface area (Å²) in [6.45, 7) is -0.147. The number of aromatic nitrogens is 6. The summed E-state index contributed by atoms with van der Waals surface area (Å²) in [7, 11) is -6.33. The normalized spacial score (nSPS) is 13.5. The van der Waals surface area contributed by atoms with Gasteiger partial charge in [-0.15, -0.1) is 0 Å². The molecule has 0 amide bonds. The van der Waals surface area contributed by atoms with Crippen LogP contribution in [0.4, 0.5) is 47.1 Å². The van der Waals surface area contributed by atoms with E-state index in [-0.39, 0.29) is 132 Å². The molecule has 8 N–H and O–H groups in total. The van der Waals surface area contributed by atoms with Crippen LogP contribution in [0.5, 0.6) is 0 Å². The first-order valence-corrected chi connectivity index (χ1v) is 21.0. The zero-order valence-corrected chi connectivity index (χ0v) is 39.9. The zero-order chi connectivity index (χ0) is 42.9. The summed E-state index contributed by atoms with van der Waals surface area (Å²) in [5.41, 5.74) is -0.455. The summed E-state index contributed by atoms with van der Waals surface area (Å²) in [4.78, 5) is 29.6. The van der Waals surface area contributed by atoms with Crippen LogP contribution in [0.2, 0.25) is 0 Å². The van der Waals surface area contributed by atoms with Crippen LogP contribution in [0.3, 0.4) is 0 Å². The number of nitrogens with zero attached hydrogens (tertiary/aromatic N) is 8. The third-order valence-electron chi connectivity index (χ3n) is 8.79. The topological polar surface area (TPSA) is 281 Å². The molecule has 1 aliphatic carbocycles. The Morgan fingerprint density at radius 3 is 1.53 bits per heavy atom. The molecule has 0 spiro atoms. The molecule has 2 heterocycles. The Labute approximate surface area is 402 Å². The van der Waals surface area contributed by atoms with Crippen LogP contribution in [-0.4, -0.2) is 171 Å². The van der Waals surface area contributed by atoms with Crippen molar-refractivity contribution in [3.05, 3.63) is 119 Å². The second-order valence-electron chi connectivity index (χ2n) is 13.3. The molecule has 0 bridgehead atoms. The van der Waals surface area contributed by atoms with Gasteiger partial charge in [-0.1, -0.05) is 72.8 Å². The van der Waals surface area contributed by atoms with Gasteiger partial charge < -0.3 is 41.3 Å². The van der Waals surface area contributed by atoms with Gasteiger partial charge in [-0.2, -0.15) is 46.7 Å². The third-order valence-corrected chi connectivity index (χ3v) is 10.7. The summed E-state index contributed by atoms with van der Waals surface area (Å²) >= 11 is 0. The zero-order valence-electron chi connectivity index (χ0n) is 34.2. The molecule has 62 heavy (non-hydrogen) atoms. The van der Waals surface area contributed by atoms with Gasteiger partial charge in [0.25, 0.3) is 20.2 Å². The van der Waals surface area contributed by atoms with Gasteiger partial charge in [0.15, 0.2) is 0 Å². The van der Waals surface area contributed by atoms with Crippen molar-refractivity contribution < 1.29 is 36.2 Å². The van der Waals surface area contributed by atoms with Gasteiger partial charge in [0.2, 0.25) is 35.7 Å². The van der Waals surface area contributed by atoms with Crippen molar-refractivity contribution in [2.75, 3.05) is 71.5 Å². The first-order chi connectivity index (χ1) is 28.6. The monoisotopic (exact) mass is 904 g/mol. The molecule has 0 atom stereocenters. The molecule has 3 aromatic carbocycles. The van der Waals surface area contributed by atoms with Gasteiger partial charge in [0.05, 0.1) is 18.1 Å². The summed E-state index contributed by atoms with van der Waals surface area (Å²) in [6, 6.07) is 23.6. The second-order valence-corrected chi connectivity index (χ2v) is 16.1. The first kappa shape index (κ1) is 50.1. The number of aliphatic hydroxyl groups is 2. The number of nitrogens with one attached hydrogen (secondary N) is 4. The number of hydrogen-bond donors (Lipinski definition) is 8. The van der Waals surface area contributed by atoms with Gasteiger partial charge in [-0.05, 0) is 47.5 Å². The fourth-order valence-electron chi connectivity index (χ4n) is 5.86. The molecular weight excluding hydrogens is 863 g/mol. The van der Waals surface area contributed by atoms with E-state index in [1.54, 1.807) is 48.2 Å². The quantitative estimate of drug-likeness (QED) is 0.0356. The molecule has 6 rings (SSSR count). The van der Waals surface area contributed by atoms with Gasteiger partial charge in [0.1, 0.15) is 10.6 Å². The third kappa shape index (κ3) is 13.5. The molecule has 316 valence electrons. The molecule has 5 aromatic rings. The number of allylic oxidation sites excluding steroid dienone is 3. The summed E-state index contributed by atoms with van der Waals surface area (Å²) < 4.78 is 71.2. The molecule has 2 aromatic heterocycles. The van der Waals surface area contributed by atoms with Crippen molar-refractivity contribution in [1.82, 2.24) is 29.9 Å². The largest absolute Gasteiger partial charge is 0.395 e. The Morgan fingerprint density at radius 1 is 0.629 bits per heavy atom. The number of aliphatic hydroxyl groups excluding tert-OH is 2. The smallest absolute Gasteiger partial charge is 0.295 e. The maximum absolute atomic E-state index is 13.2. The number of para-hydroxylation sites is 2. The average molecular weight is 905 g/mol. The second kappa shape index (κ2) is 22.2. The van der Waals surface area contributed by atoms with Crippen molar-refractivity contribution in [2.24, 2.45) is 0 Å². The molecule has 0 aliphatic heterocycles. The van der Waals surface area contributed by atoms with Crippen molar-refractivity contribution >= 4 is 132 Å². The van der Waals surface area contributed by atoms with Crippen LogP contribution in [0.15, 0.2) is 119 Å². The predicted molar refractivity (Wildman–Crippen MR) is 239 cm³/mol. The molecule has 0 fully saturated rings. The van der Waals surface area contributed by atoms with E-state index in [0.717, 1.165) is 0 Å². The van der Waals surface area contributed by atoms with Crippen molar-refractivity contribution in [2.45, 2.75) is 17.0 Å². The van der Waals surface area contributed by atoms with Gasteiger partial charge >= 0.3 is 0 Å². The number of rotatable bonds is 18. The van der Waals surface area contributed by atoms with E-state index < -0.39 is 42.1 Å². The molecule has 0 saturated carbocycles. The Kier molecular flexibility index (Phi) is 17.9. The van der Waals surface area contributed by atoms with Gasteiger partial charge in [-0.3, -0.25) is 9.11 Å². The summed E-state index contributed by atoms with van der Waals surface area (Å²) in [6.07, 6.45) is 4.91. The Balaban J connectivity index is 0.00000422. The number of anilines is 8. The fraction of sp³-hybridized carbons (Fsp3) is 0.211. The Morgan fingerprint density at radius 2 is 1.08 bits per heavy atom.